The average molecular weight is 379 g/mol. The highest BCUT2D eigenvalue weighted by Crippen LogP contribution is 2.33. The first kappa shape index (κ1) is 15.2. The zero-order chi connectivity index (χ0) is 14.9. The molecule has 0 aliphatic rings. The Labute approximate surface area is 129 Å². The average Bonchev–Trinajstić information content (AvgIpc) is 2.38. The number of pyridine rings is 2. The summed E-state index contributed by atoms with van der Waals surface area (Å²) in [5, 5.41) is 5.56. The highest BCUT2D eigenvalue weighted by atomic mass is 79.9. The number of primary sulfonamides is 1. The van der Waals surface area contributed by atoms with Gasteiger partial charge in [-0.3, -0.25) is 4.98 Å². The summed E-state index contributed by atoms with van der Waals surface area (Å²) in [6, 6.07) is 2.87. The number of ether oxygens (including phenoxy) is 1. The molecule has 0 amide bonds. The third-order valence-electron chi connectivity index (χ3n) is 2.39. The van der Waals surface area contributed by atoms with E-state index in [-0.39, 0.29) is 16.3 Å². The fourth-order valence-corrected chi connectivity index (χ4v) is 2.91. The predicted octanol–water partition coefficient (Wildman–Crippen LogP) is 2.22. The number of nitrogens with two attached hydrogens (primary N) is 1. The van der Waals surface area contributed by atoms with Crippen LogP contribution in [-0.2, 0) is 10.0 Å². The van der Waals surface area contributed by atoms with Gasteiger partial charge in [-0.1, -0.05) is 11.6 Å². The highest BCUT2D eigenvalue weighted by Gasteiger charge is 2.21. The molecule has 0 unspecified atom stereocenters. The predicted molar refractivity (Wildman–Crippen MR) is 78.1 cm³/mol. The second kappa shape index (κ2) is 5.65. The smallest absolute Gasteiger partial charge is 0.240 e. The van der Waals surface area contributed by atoms with Crippen molar-refractivity contribution in [1.82, 2.24) is 9.97 Å². The van der Waals surface area contributed by atoms with Crippen LogP contribution in [0.2, 0.25) is 5.02 Å². The van der Waals surface area contributed by atoms with Crippen LogP contribution in [0, 0.1) is 0 Å². The van der Waals surface area contributed by atoms with Crippen LogP contribution in [0.3, 0.4) is 0 Å². The summed E-state index contributed by atoms with van der Waals surface area (Å²) in [6.45, 7) is 0. The van der Waals surface area contributed by atoms with Gasteiger partial charge in [-0.15, -0.1) is 0 Å². The molecule has 0 saturated carbocycles. The Bertz CT molecular complexity index is 768. The van der Waals surface area contributed by atoms with E-state index in [1.807, 2.05) is 0 Å². The normalized spacial score (nSPS) is 11.4. The quantitative estimate of drug-likeness (QED) is 0.883. The molecule has 0 aliphatic heterocycles. The lowest BCUT2D eigenvalue weighted by atomic mass is 10.2. The van der Waals surface area contributed by atoms with Crippen molar-refractivity contribution in [2.75, 3.05) is 7.11 Å². The van der Waals surface area contributed by atoms with Gasteiger partial charge in [-0.05, 0) is 22.0 Å². The van der Waals surface area contributed by atoms with E-state index < -0.39 is 10.0 Å². The van der Waals surface area contributed by atoms with Crippen LogP contribution in [0.15, 0.2) is 33.9 Å². The van der Waals surface area contributed by atoms with Crippen molar-refractivity contribution in [2.24, 2.45) is 5.14 Å². The number of halogens is 2. The van der Waals surface area contributed by atoms with Crippen LogP contribution < -0.4 is 9.88 Å². The van der Waals surface area contributed by atoms with Crippen molar-refractivity contribution in [3.05, 3.63) is 34.0 Å². The van der Waals surface area contributed by atoms with Crippen LogP contribution in [0.25, 0.3) is 11.4 Å². The molecule has 6 nitrogen and oxygen atoms in total. The second-order valence-electron chi connectivity index (χ2n) is 3.75. The maximum Gasteiger partial charge on any atom is 0.240 e. The largest absolute Gasteiger partial charge is 0.494 e. The van der Waals surface area contributed by atoms with E-state index in [0.29, 0.717) is 15.2 Å². The van der Waals surface area contributed by atoms with Crippen LogP contribution >= 0.6 is 27.5 Å². The van der Waals surface area contributed by atoms with Gasteiger partial charge in [-0.25, -0.2) is 18.5 Å². The Kier molecular flexibility index (Phi) is 4.28. The maximum atomic E-state index is 11.7. The molecule has 2 aromatic rings. The third-order valence-corrected chi connectivity index (χ3v) is 3.95. The molecule has 0 radical (unpaired) electrons. The van der Waals surface area contributed by atoms with E-state index in [4.69, 9.17) is 21.5 Å². The van der Waals surface area contributed by atoms with Gasteiger partial charge in [0.2, 0.25) is 10.0 Å². The molecule has 0 bridgehead atoms. The molecule has 9 heteroatoms. The summed E-state index contributed by atoms with van der Waals surface area (Å²) in [6.07, 6.45) is 2.82. The number of aromatic nitrogens is 2. The summed E-state index contributed by atoms with van der Waals surface area (Å²) in [4.78, 5) is 7.98. The van der Waals surface area contributed by atoms with E-state index in [1.54, 1.807) is 0 Å². The monoisotopic (exact) mass is 377 g/mol. The molecule has 0 atom stereocenters. The van der Waals surface area contributed by atoms with Crippen LogP contribution in [0.5, 0.6) is 5.75 Å². The molecule has 2 N–H and O–H groups in total. The van der Waals surface area contributed by atoms with Gasteiger partial charge >= 0.3 is 0 Å². The molecule has 2 rings (SSSR count). The lowest BCUT2D eigenvalue weighted by molar-refractivity contribution is 0.414. The molecule has 2 heterocycles. The van der Waals surface area contributed by atoms with Crippen molar-refractivity contribution >= 4 is 37.6 Å². The summed E-state index contributed by atoms with van der Waals surface area (Å²) in [7, 11) is -2.54. The van der Waals surface area contributed by atoms with E-state index in [1.165, 1.54) is 31.6 Å². The summed E-state index contributed by atoms with van der Waals surface area (Å²) >= 11 is 8.98. The number of hydrogen-bond acceptors (Lipinski definition) is 5. The topological polar surface area (TPSA) is 95.2 Å². The Balaban J connectivity index is 2.77. The molecule has 0 aromatic carbocycles. The molecule has 106 valence electrons. The minimum atomic E-state index is -3.96. The molecule has 0 aliphatic carbocycles. The van der Waals surface area contributed by atoms with Gasteiger partial charge in [0.1, 0.15) is 22.0 Å². The van der Waals surface area contributed by atoms with Gasteiger partial charge in [0.15, 0.2) is 0 Å². The van der Waals surface area contributed by atoms with Crippen LogP contribution in [0.4, 0.5) is 0 Å². The summed E-state index contributed by atoms with van der Waals surface area (Å²) in [5.74, 6) is 0.303. The molecule has 2 aromatic heterocycles. The highest BCUT2D eigenvalue weighted by molar-refractivity contribution is 9.10. The number of sulfonamides is 1. The zero-order valence-corrected chi connectivity index (χ0v) is 13.3. The van der Waals surface area contributed by atoms with E-state index in [2.05, 4.69) is 25.9 Å². The van der Waals surface area contributed by atoms with E-state index in [9.17, 15) is 8.42 Å². The number of methoxy groups -OCH3 is 1. The van der Waals surface area contributed by atoms with E-state index in [0.717, 1.165) is 0 Å². The molecule has 20 heavy (non-hydrogen) atoms. The van der Waals surface area contributed by atoms with Crippen LogP contribution in [0.1, 0.15) is 0 Å². The van der Waals surface area contributed by atoms with Gasteiger partial charge in [0.25, 0.3) is 0 Å². The molecule has 0 fully saturated rings. The van der Waals surface area contributed by atoms with Crippen molar-refractivity contribution in [1.29, 1.82) is 0 Å². The Morgan fingerprint density at radius 1 is 1.25 bits per heavy atom. The van der Waals surface area contributed by atoms with Crippen molar-refractivity contribution in [3.8, 4) is 17.1 Å². The van der Waals surface area contributed by atoms with Crippen molar-refractivity contribution in [2.45, 2.75) is 4.90 Å². The lowest BCUT2D eigenvalue weighted by Gasteiger charge is -2.10. The molecule has 0 spiro atoms. The number of hydrogen-bond donors (Lipinski definition) is 1. The summed E-state index contributed by atoms with van der Waals surface area (Å²) in [5.41, 5.74) is 0.345. The molecule has 0 saturated heterocycles. The lowest BCUT2D eigenvalue weighted by Crippen LogP contribution is -2.14. The maximum absolute atomic E-state index is 11.7. The first-order chi connectivity index (χ1) is 9.32. The van der Waals surface area contributed by atoms with Gasteiger partial charge in [-0.2, -0.15) is 0 Å². The Hall–Kier alpha value is -1.22. The SMILES string of the molecule is COc1cc(Cl)cnc1-c1ncc(Br)cc1S(N)(=O)=O. The second-order valence-corrected chi connectivity index (χ2v) is 6.63. The first-order valence-corrected chi connectivity index (χ1v) is 7.93. The summed E-state index contributed by atoms with van der Waals surface area (Å²) < 4.78 is 29.0. The fraction of sp³-hybridized carbons (Fsp3) is 0.0909. The van der Waals surface area contributed by atoms with Gasteiger partial charge in [0.05, 0.1) is 12.1 Å². The van der Waals surface area contributed by atoms with Crippen LogP contribution in [-0.4, -0.2) is 25.5 Å². The minimum absolute atomic E-state index is 0.101. The van der Waals surface area contributed by atoms with Crippen molar-refractivity contribution in [3.63, 3.8) is 0 Å². The van der Waals surface area contributed by atoms with Gasteiger partial charge < -0.3 is 4.74 Å². The zero-order valence-electron chi connectivity index (χ0n) is 10.2. The Morgan fingerprint density at radius 2 is 1.90 bits per heavy atom. The molecular weight excluding hydrogens is 370 g/mol. The standard InChI is InChI=1S/C11H9BrClN3O3S/c1-19-8-3-7(13)5-16-10(8)11-9(20(14,17)18)2-6(12)4-15-11/h2-5H,1H3,(H2,14,17,18). The fourth-order valence-electron chi connectivity index (χ4n) is 1.57. The Morgan fingerprint density at radius 3 is 2.50 bits per heavy atom. The van der Waals surface area contributed by atoms with E-state index >= 15 is 0 Å². The minimum Gasteiger partial charge on any atom is -0.494 e. The first-order valence-electron chi connectivity index (χ1n) is 5.21. The van der Waals surface area contributed by atoms with Crippen molar-refractivity contribution < 1.29 is 13.2 Å². The molecular formula is C11H9BrClN3O3S. The number of nitrogens with zero attached hydrogens (tertiary/aromatic N) is 2. The van der Waals surface area contributed by atoms with Gasteiger partial charge in [0, 0.05) is 22.9 Å². The third kappa shape index (κ3) is 3.09. The number of rotatable bonds is 3.